The maximum absolute atomic E-state index is 11.9. The topological polar surface area (TPSA) is 90.9 Å². The smallest absolute Gasteiger partial charge is 0.270 e. The molecule has 0 saturated heterocycles. The van der Waals surface area contributed by atoms with Gasteiger partial charge in [-0.25, -0.2) is 9.67 Å². The predicted molar refractivity (Wildman–Crippen MR) is 76.6 cm³/mol. The lowest BCUT2D eigenvalue weighted by molar-refractivity contribution is -0.384. The molecule has 0 saturated carbocycles. The number of rotatable bonds is 6. The summed E-state index contributed by atoms with van der Waals surface area (Å²) < 4.78 is 1.46. The molecule has 1 unspecified atom stereocenters. The number of aromatic nitrogens is 3. The minimum Gasteiger partial charge on any atom is -0.297 e. The number of hydrogen-bond acceptors (Lipinski definition) is 5. The van der Waals surface area contributed by atoms with Crippen molar-refractivity contribution in [3.05, 3.63) is 40.7 Å². The zero-order chi connectivity index (χ0) is 15.4. The molecule has 21 heavy (non-hydrogen) atoms. The molecule has 2 aromatic rings. The Kier molecular flexibility index (Phi) is 4.42. The van der Waals surface area contributed by atoms with Crippen molar-refractivity contribution in [1.82, 2.24) is 14.8 Å². The summed E-state index contributed by atoms with van der Waals surface area (Å²) in [5, 5.41) is 15.0. The van der Waals surface area contributed by atoms with E-state index < -0.39 is 4.92 Å². The largest absolute Gasteiger partial charge is 0.297 e. The van der Waals surface area contributed by atoms with E-state index in [9.17, 15) is 14.9 Å². The molecule has 7 heteroatoms. The van der Waals surface area contributed by atoms with E-state index in [0.29, 0.717) is 11.4 Å². The summed E-state index contributed by atoms with van der Waals surface area (Å²) in [6.45, 7) is 4.00. The summed E-state index contributed by atoms with van der Waals surface area (Å²) >= 11 is 0. The van der Waals surface area contributed by atoms with Crippen molar-refractivity contribution in [3.8, 4) is 11.4 Å². The van der Waals surface area contributed by atoms with Crippen molar-refractivity contribution >= 4 is 11.5 Å². The number of nitrogens with zero attached hydrogens (tertiary/aromatic N) is 4. The second-order valence-electron chi connectivity index (χ2n) is 4.85. The van der Waals surface area contributed by atoms with Crippen molar-refractivity contribution in [2.75, 3.05) is 0 Å². The van der Waals surface area contributed by atoms with Crippen molar-refractivity contribution in [1.29, 1.82) is 0 Å². The third-order valence-corrected chi connectivity index (χ3v) is 3.33. The molecule has 0 N–H and O–H groups in total. The highest BCUT2D eigenvalue weighted by Crippen LogP contribution is 2.20. The molecule has 0 aliphatic carbocycles. The minimum atomic E-state index is -0.465. The van der Waals surface area contributed by atoms with E-state index in [2.05, 4.69) is 10.1 Å². The average molecular weight is 288 g/mol. The van der Waals surface area contributed by atoms with Crippen LogP contribution in [0.5, 0.6) is 0 Å². The van der Waals surface area contributed by atoms with Crippen LogP contribution in [-0.2, 0) is 11.3 Å². The number of nitro benzene ring substituents is 1. The van der Waals surface area contributed by atoms with E-state index >= 15 is 0 Å². The maximum atomic E-state index is 11.9. The molecule has 0 amide bonds. The molecule has 110 valence electrons. The van der Waals surface area contributed by atoms with Gasteiger partial charge in [-0.05, 0) is 6.42 Å². The quantitative estimate of drug-likeness (QED) is 0.601. The van der Waals surface area contributed by atoms with Crippen LogP contribution in [-0.4, -0.2) is 25.5 Å². The number of carbonyl (C=O) groups excluding carboxylic acids is 1. The molecular formula is C14H16N4O3. The SMILES string of the molecule is CCC(C)C(=O)Cn1cnc(-c2cccc([N+](=O)[O-])c2)n1. The molecule has 0 bridgehead atoms. The molecule has 1 heterocycles. The summed E-state index contributed by atoms with van der Waals surface area (Å²) in [5.41, 5.74) is 0.540. The number of carbonyl (C=O) groups is 1. The van der Waals surface area contributed by atoms with Gasteiger partial charge in [-0.3, -0.25) is 14.9 Å². The fourth-order valence-electron chi connectivity index (χ4n) is 1.80. The van der Waals surface area contributed by atoms with Crippen molar-refractivity contribution in [2.45, 2.75) is 26.8 Å². The first-order valence-corrected chi connectivity index (χ1v) is 6.68. The van der Waals surface area contributed by atoms with Crippen LogP contribution in [0.3, 0.4) is 0 Å². The first-order chi connectivity index (χ1) is 10.0. The molecule has 0 fully saturated rings. The number of Topliss-reactive ketones (excluding diaryl/α,β-unsaturated/α-hetero) is 1. The summed E-state index contributed by atoms with van der Waals surface area (Å²) in [4.78, 5) is 26.2. The Morgan fingerprint density at radius 2 is 2.24 bits per heavy atom. The molecule has 2 rings (SSSR count). The highest BCUT2D eigenvalue weighted by Gasteiger charge is 2.14. The number of ketones is 1. The first kappa shape index (κ1) is 14.8. The average Bonchev–Trinajstić information content (AvgIpc) is 2.95. The number of non-ortho nitro benzene ring substituents is 1. The number of hydrogen-bond donors (Lipinski definition) is 0. The lowest BCUT2D eigenvalue weighted by atomic mass is 10.0. The van der Waals surface area contributed by atoms with Gasteiger partial charge in [0.25, 0.3) is 5.69 Å². The molecule has 0 radical (unpaired) electrons. The van der Waals surface area contributed by atoms with Crippen LogP contribution in [0.1, 0.15) is 20.3 Å². The normalized spacial score (nSPS) is 12.1. The summed E-state index contributed by atoms with van der Waals surface area (Å²) in [6, 6.07) is 6.10. The van der Waals surface area contributed by atoms with Gasteiger partial charge in [0.15, 0.2) is 11.6 Å². The fraction of sp³-hybridized carbons (Fsp3) is 0.357. The molecule has 0 aliphatic rings. The minimum absolute atomic E-state index is 0.0143. The van der Waals surface area contributed by atoms with Crippen LogP contribution in [0.4, 0.5) is 5.69 Å². The highest BCUT2D eigenvalue weighted by atomic mass is 16.6. The van der Waals surface area contributed by atoms with Gasteiger partial charge in [0.1, 0.15) is 12.9 Å². The lowest BCUT2D eigenvalue weighted by Gasteiger charge is -2.06. The van der Waals surface area contributed by atoms with Crippen LogP contribution in [0, 0.1) is 16.0 Å². The Morgan fingerprint density at radius 1 is 1.48 bits per heavy atom. The summed E-state index contributed by atoms with van der Waals surface area (Å²) in [6.07, 6.45) is 2.25. The molecular weight excluding hydrogens is 272 g/mol. The van der Waals surface area contributed by atoms with E-state index in [1.54, 1.807) is 12.1 Å². The van der Waals surface area contributed by atoms with Gasteiger partial charge in [-0.2, -0.15) is 5.10 Å². The first-order valence-electron chi connectivity index (χ1n) is 6.68. The van der Waals surface area contributed by atoms with E-state index in [1.165, 1.54) is 23.1 Å². The standard InChI is InChI=1S/C14H16N4O3/c1-3-10(2)13(19)8-17-9-15-14(16-17)11-5-4-6-12(7-11)18(20)21/h4-7,9-10H,3,8H2,1-2H3. The third kappa shape index (κ3) is 3.50. The van der Waals surface area contributed by atoms with E-state index in [0.717, 1.165) is 6.42 Å². The van der Waals surface area contributed by atoms with E-state index in [1.807, 2.05) is 13.8 Å². The van der Waals surface area contributed by atoms with Gasteiger partial charge in [-0.1, -0.05) is 26.0 Å². The van der Waals surface area contributed by atoms with Gasteiger partial charge in [0.2, 0.25) is 0 Å². The fourth-order valence-corrected chi connectivity index (χ4v) is 1.80. The zero-order valence-electron chi connectivity index (χ0n) is 11.9. The van der Waals surface area contributed by atoms with Gasteiger partial charge >= 0.3 is 0 Å². The third-order valence-electron chi connectivity index (χ3n) is 3.33. The van der Waals surface area contributed by atoms with Crippen molar-refractivity contribution in [3.63, 3.8) is 0 Å². The Bertz CT molecular complexity index is 666. The molecule has 7 nitrogen and oxygen atoms in total. The van der Waals surface area contributed by atoms with E-state index in [4.69, 9.17) is 0 Å². The molecule has 1 aromatic heterocycles. The van der Waals surface area contributed by atoms with Gasteiger partial charge in [-0.15, -0.1) is 0 Å². The Balaban J connectivity index is 2.18. The van der Waals surface area contributed by atoms with Crippen LogP contribution in [0.2, 0.25) is 0 Å². The monoisotopic (exact) mass is 288 g/mol. The summed E-state index contributed by atoms with van der Waals surface area (Å²) in [5.74, 6) is 0.444. The molecule has 1 aromatic carbocycles. The highest BCUT2D eigenvalue weighted by molar-refractivity contribution is 5.80. The number of benzene rings is 1. The van der Waals surface area contributed by atoms with Gasteiger partial charge < -0.3 is 0 Å². The van der Waals surface area contributed by atoms with Gasteiger partial charge in [0, 0.05) is 23.6 Å². The van der Waals surface area contributed by atoms with Gasteiger partial charge in [0.05, 0.1) is 4.92 Å². The van der Waals surface area contributed by atoms with Crippen molar-refractivity contribution < 1.29 is 9.72 Å². The summed E-state index contributed by atoms with van der Waals surface area (Å²) in [7, 11) is 0. The van der Waals surface area contributed by atoms with E-state index in [-0.39, 0.29) is 23.9 Å². The van der Waals surface area contributed by atoms with Crippen LogP contribution in [0.15, 0.2) is 30.6 Å². The maximum Gasteiger partial charge on any atom is 0.270 e. The molecule has 0 spiro atoms. The van der Waals surface area contributed by atoms with Crippen molar-refractivity contribution in [2.24, 2.45) is 5.92 Å². The van der Waals surface area contributed by atoms with Crippen LogP contribution in [0.25, 0.3) is 11.4 Å². The molecule has 0 aliphatic heterocycles. The van der Waals surface area contributed by atoms with Crippen LogP contribution < -0.4 is 0 Å². The Labute approximate surface area is 121 Å². The number of nitro groups is 1. The molecule has 1 atom stereocenters. The second-order valence-corrected chi connectivity index (χ2v) is 4.85. The zero-order valence-corrected chi connectivity index (χ0v) is 11.9. The Hall–Kier alpha value is -2.57. The van der Waals surface area contributed by atoms with Crippen LogP contribution >= 0.6 is 0 Å². The Morgan fingerprint density at radius 3 is 2.90 bits per heavy atom. The lowest BCUT2D eigenvalue weighted by Crippen LogP contribution is -2.17. The predicted octanol–water partition coefficient (Wildman–Crippen LogP) is 2.47. The second kappa shape index (κ2) is 6.25.